The first-order valence-electron chi connectivity index (χ1n) is 10.6. The second-order valence-corrected chi connectivity index (χ2v) is 9.18. The Morgan fingerprint density at radius 2 is 1.78 bits per heavy atom. The summed E-state index contributed by atoms with van der Waals surface area (Å²) in [7, 11) is -1.30. The number of morpholine rings is 1. The molecule has 0 N–H and O–H groups in total. The molecule has 0 aliphatic carbocycles. The summed E-state index contributed by atoms with van der Waals surface area (Å²) < 4.78 is 47.1. The molecule has 0 bridgehead atoms. The van der Waals surface area contributed by atoms with Crippen molar-refractivity contribution in [1.29, 1.82) is 0 Å². The summed E-state index contributed by atoms with van der Waals surface area (Å²) in [6.45, 7) is 2.03. The van der Waals surface area contributed by atoms with E-state index < -0.39 is 22.4 Å². The van der Waals surface area contributed by atoms with Gasteiger partial charge in [-0.1, -0.05) is 18.2 Å². The van der Waals surface area contributed by atoms with Crippen molar-refractivity contribution >= 4 is 27.6 Å². The van der Waals surface area contributed by atoms with Crippen molar-refractivity contribution in [2.75, 3.05) is 32.6 Å². The van der Waals surface area contributed by atoms with Gasteiger partial charge in [0.2, 0.25) is 5.95 Å². The summed E-state index contributed by atoms with van der Waals surface area (Å²) in [4.78, 5) is 24.0. The molecule has 182 valence electrons. The molecule has 5 rings (SSSR count). The van der Waals surface area contributed by atoms with E-state index in [1.165, 1.54) is 24.5 Å². The molecule has 1 saturated heterocycles. The Kier molecular flexibility index (Phi) is 9.60. The summed E-state index contributed by atoms with van der Waals surface area (Å²) in [5.74, 6) is -1.79. The summed E-state index contributed by atoms with van der Waals surface area (Å²) >= 11 is 0. The standard InChI is InChI=1S/C24H20F2N4O3S.FH.K/c1-34(32)21-14-30(24-27-12-16(13-28-24)17-3-2-4-19(25)22(17)26)20-11-15(5-6-18(20)21)23(31)29-7-9-33-10-8-29;;/h2-6,11-14H,7-10H2,1H3;1H;/q;;+1/p-1. The fourth-order valence-corrected chi connectivity index (χ4v) is 4.72. The second-order valence-electron chi connectivity index (χ2n) is 7.83. The van der Waals surface area contributed by atoms with Crippen LogP contribution in [0.5, 0.6) is 0 Å². The SMILES string of the molecule is CS(=O)c1cn(-c2ncc(-c3cccc(F)c3F)cn2)c2cc(C(=O)N3CCOCC3)ccc12.[F-].[K+]. The van der Waals surface area contributed by atoms with Crippen LogP contribution in [0.2, 0.25) is 0 Å². The largest absolute Gasteiger partial charge is 1.00 e. The molecule has 2 aromatic heterocycles. The van der Waals surface area contributed by atoms with E-state index in [1.807, 2.05) is 0 Å². The molecule has 3 heterocycles. The fourth-order valence-electron chi connectivity index (χ4n) is 3.98. The number of ether oxygens (including phenoxy) is 1. The van der Waals surface area contributed by atoms with Crippen LogP contribution in [-0.2, 0) is 15.5 Å². The summed E-state index contributed by atoms with van der Waals surface area (Å²) in [6.07, 6.45) is 6.04. The monoisotopic (exact) mass is 540 g/mol. The Bertz CT molecular complexity index is 1430. The minimum atomic E-state index is -1.30. The van der Waals surface area contributed by atoms with Gasteiger partial charge in [-0.05, 0) is 18.2 Å². The molecular weight excluding hydrogens is 520 g/mol. The van der Waals surface area contributed by atoms with E-state index in [0.29, 0.717) is 53.2 Å². The van der Waals surface area contributed by atoms with Gasteiger partial charge in [0, 0.05) is 60.0 Å². The van der Waals surface area contributed by atoms with Crippen molar-refractivity contribution in [3.8, 4) is 17.1 Å². The molecule has 1 aliphatic rings. The van der Waals surface area contributed by atoms with Crippen LogP contribution in [0.1, 0.15) is 10.4 Å². The molecule has 12 heteroatoms. The number of carbonyl (C=O) groups excluding carboxylic acids is 1. The molecule has 1 fully saturated rings. The topological polar surface area (TPSA) is 77.3 Å². The number of hydrogen-bond donors (Lipinski definition) is 0. The molecule has 0 saturated carbocycles. The van der Waals surface area contributed by atoms with Gasteiger partial charge in [0.1, 0.15) is 0 Å². The third kappa shape index (κ3) is 5.49. The average molecular weight is 541 g/mol. The molecular formula is C24H20F3KN4O3S. The van der Waals surface area contributed by atoms with Crippen LogP contribution in [0.25, 0.3) is 28.0 Å². The summed E-state index contributed by atoms with van der Waals surface area (Å²) in [6, 6.07) is 9.13. The third-order valence-electron chi connectivity index (χ3n) is 5.74. The van der Waals surface area contributed by atoms with Crippen molar-refractivity contribution in [3.05, 3.63) is 72.2 Å². The zero-order chi connectivity index (χ0) is 23.8. The number of halogens is 3. The maximum Gasteiger partial charge on any atom is 1.00 e. The molecule has 1 unspecified atom stereocenters. The van der Waals surface area contributed by atoms with Gasteiger partial charge < -0.3 is 14.3 Å². The minimum absolute atomic E-state index is 0. The Hall–Kier alpha value is -1.93. The van der Waals surface area contributed by atoms with Crippen LogP contribution in [0.3, 0.4) is 0 Å². The van der Waals surface area contributed by atoms with Crippen molar-refractivity contribution in [2.24, 2.45) is 0 Å². The Balaban J connectivity index is 0.00000180. The molecule has 0 radical (unpaired) electrons. The fraction of sp³-hybridized carbons (Fsp3) is 0.208. The molecule has 4 aromatic rings. The van der Waals surface area contributed by atoms with Gasteiger partial charge in [0.25, 0.3) is 5.91 Å². The number of benzene rings is 2. The van der Waals surface area contributed by atoms with Crippen molar-refractivity contribution in [1.82, 2.24) is 19.4 Å². The Morgan fingerprint density at radius 3 is 2.44 bits per heavy atom. The van der Waals surface area contributed by atoms with Crippen LogP contribution in [0.15, 0.2) is 59.9 Å². The maximum absolute atomic E-state index is 14.2. The molecule has 7 nitrogen and oxygen atoms in total. The summed E-state index contributed by atoms with van der Waals surface area (Å²) in [5, 5.41) is 0.711. The molecule has 1 amide bonds. The van der Waals surface area contributed by atoms with Crippen LogP contribution in [0, 0.1) is 11.6 Å². The number of carbonyl (C=O) groups is 1. The third-order valence-corrected chi connectivity index (χ3v) is 6.69. The predicted octanol–water partition coefficient (Wildman–Crippen LogP) is -2.42. The van der Waals surface area contributed by atoms with E-state index in [0.717, 1.165) is 6.07 Å². The van der Waals surface area contributed by atoms with Crippen molar-refractivity contribution in [2.45, 2.75) is 4.90 Å². The van der Waals surface area contributed by atoms with Gasteiger partial charge in [0.15, 0.2) is 11.6 Å². The minimum Gasteiger partial charge on any atom is -1.00 e. The van der Waals surface area contributed by atoms with E-state index in [2.05, 4.69) is 9.97 Å². The quantitative estimate of drug-likeness (QED) is 0.270. The number of rotatable bonds is 4. The summed E-state index contributed by atoms with van der Waals surface area (Å²) in [5.41, 5.74) is 1.48. The van der Waals surface area contributed by atoms with Crippen LogP contribution >= 0.6 is 0 Å². The van der Waals surface area contributed by atoms with Crippen LogP contribution < -0.4 is 56.1 Å². The zero-order valence-corrected chi connectivity index (χ0v) is 23.5. The predicted molar refractivity (Wildman–Crippen MR) is 123 cm³/mol. The van der Waals surface area contributed by atoms with E-state index in [1.54, 1.807) is 40.1 Å². The van der Waals surface area contributed by atoms with Gasteiger partial charge in [-0.3, -0.25) is 13.6 Å². The van der Waals surface area contributed by atoms with E-state index in [-0.39, 0.29) is 73.5 Å². The zero-order valence-electron chi connectivity index (χ0n) is 19.6. The first-order valence-corrected chi connectivity index (χ1v) is 12.1. The van der Waals surface area contributed by atoms with Crippen LogP contribution in [0.4, 0.5) is 8.78 Å². The normalized spacial score (nSPS) is 14.1. The molecule has 0 spiro atoms. The molecule has 36 heavy (non-hydrogen) atoms. The number of nitrogens with zero attached hydrogens (tertiary/aromatic N) is 4. The van der Waals surface area contributed by atoms with E-state index in [9.17, 15) is 17.8 Å². The maximum atomic E-state index is 14.2. The van der Waals surface area contributed by atoms with Crippen molar-refractivity contribution < 1.29 is 78.6 Å². The number of aromatic nitrogens is 3. The number of amides is 1. The molecule has 2 aromatic carbocycles. The number of fused-ring (bicyclic) bond motifs is 1. The van der Waals surface area contributed by atoms with Crippen LogP contribution in [-0.4, -0.2) is 62.1 Å². The Labute approximate surface area is 250 Å². The first-order chi connectivity index (χ1) is 16.4. The average Bonchev–Trinajstić information content (AvgIpc) is 3.25. The van der Waals surface area contributed by atoms with Gasteiger partial charge >= 0.3 is 51.4 Å². The molecule has 1 atom stereocenters. The van der Waals surface area contributed by atoms with E-state index >= 15 is 0 Å². The van der Waals surface area contributed by atoms with Gasteiger partial charge in [0.05, 0.1) is 34.4 Å². The van der Waals surface area contributed by atoms with Crippen molar-refractivity contribution in [3.63, 3.8) is 0 Å². The Morgan fingerprint density at radius 1 is 1.08 bits per heavy atom. The first kappa shape index (κ1) is 28.6. The van der Waals surface area contributed by atoms with Gasteiger partial charge in [-0.15, -0.1) is 0 Å². The second kappa shape index (κ2) is 12.1. The van der Waals surface area contributed by atoms with Gasteiger partial charge in [-0.25, -0.2) is 18.7 Å². The number of hydrogen-bond acceptors (Lipinski definition) is 5. The molecule has 1 aliphatic heterocycles. The smallest absolute Gasteiger partial charge is 1.00 e. The van der Waals surface area contributed by atoms with Gasteiger partial charge in [-0.2, -0.15) is 0 Å². The van der Waals surface area contributed by atoms with E-state index in [4.69, 9.17) is 4.74 Å².